The molecule has 25 heavy (non-hydrogen) atoms. The predicted octanol–water partition coefficient (Wildman–Crippen LogP) is 4.81. The van der Waals surface area contributed by atoms with Gasteiger partial charge in [-0.3, -0.25) is 9.69 Å². The highest BCUT2D eigenvalue weighted by Gasteiger charge is 2.12. The van der Waals surface area contributed by atoms with Crippen molar-refractivity contribution in [1.82, 2.24) is 4.90 Å². The van der Waals surface area contributed by atoms with Gasteiger partial charge in [0.25, 0.3) is 0 Å². The molecule has 1 rings (SSSR count). The van der Waals surface area contributed by atoms with Gasteiger partial charge in [0.2, 0.25) is 0 Å². The average Bonchev–Trinajstić information content (AvgIpc) is 2.54. The molecule has 0 unspecified atom stereocenters. The molecule has 0 N–H and O–H groups in total. The number of Topliss-reactive ketones (excluding diaryl/α,β-unsaturated/α-hetero) is 1. The number of benzene rings is 1. The molecule has 1 aromatic carbocycles. The molecule has 0 bridgehead atoms. The summed E-state index contributed by atoms with van der Waals surface area (Å²) >= 11 is 0. The SMILES string of the molecule is C=CCN(C)CC=CCOc1ccc(C(=O)CCC=C(C)C)c(F)c1. The third-order valence-corrected chi connectivity index (χ3v) is 3.54. The minimum atomic E-state index is -0.533. The van der Waals surface area contributed by atoms with Crippen molar-refractivity contribution in [2.75, 3.05) is 26.7 Å². The summed E-state index contributed by atoms with van der Waals surface area (Å²) in [5.41, 5.74) is 1.27. The summed E-state index contributed by atoms with van der Waals surface area (Å²) in [5, 5.41) is 0. The van der Waals surface area contributed by atoms with Crippen molar-refractivity contribution < 1.29 is 13.9 Å². The molecule has 0 aliphatic carbocycles. The highest BCUT2D eigenvalue weighted by Crippen LogP contribution is 2.18. The van der Waals surface area contributed by atoms with Gasteiger partial charge in [0.05, 0.1) is 5.56 Å². The zero-order valence-corrected chi connectivity index (χ0v) is 15.4. The first-order valence-electron chi connectivity index (χ1n) is 8.47. The third-order valence-electron chi connectivity index (χ3n) is 3.54. The van der Waals surface area contributed by atoms with E-state index in [1.54, 1.807) is 6.07 Å². The van der Waals surface area contributed by atoms with Gasteiger partial charge in [0, 0.05) is 25.6 Å². The molecule has 0 aromatic heterocycles. The lowest BCUT2D eigenvalue weighted by Crippen LogP contribution is -2.17. The zero-order valence-electron chi connectivity index (χ0n) is 15.4. The molecule has 0 saturated carbocycles. The first-order valence-corrected chi connectivity index (χ1v) is 8.47. The van der Waals surface area contributed by atoms with Crippen LogP contribution in [0.25, 0.3) is 0 Å². The van der Waals surface area contributed by atoms with Crippen molar-refractivity contribution in [2.24, 2.45) is 0 Å². The van der Waals surface area contributed by atoms with Crippen LogP contribution in [0, 0.1) is 5.82 Å². The number of hydrogen-bond donors (Lipinski definition) is 0. The first-order chi connectivity index (χ1) is 11.9. The lowest BCUT2D eigenvalue weighted by molar-refractivity contribution is 0.0979. The van der Waals surface area contributed by atoms with Crippen LogP contribution in [0.3, 0.4) is 0 Å². The number of likely N-dealkylation sites (N-methyl/N-ethyl adjacent to an activating group) is 1. The molecule has 136 valence electrons. The zero-order chi connectivity index (χ0) is 18.7. The Bertz CT molecular complexity index is 631. The van der Waals surface area contributed by atoms with Crippen molar-refractivity contribution in [1.29, 1.82) is 0 Å². The number of ether oxygens (including phenoxy) is 1. The fraction of sp³-hybridized carbons (Fsp3) is 0.381. The highest BCUT2D eigenvalue weighted by atomic mass is 19.1. The van der Waals surface area contributed by atoms with Gasteiger partial charge in [-0.05, 0) is 39.4 Å². The Morgan fingerprint density at radius 3 is 2.68 bits per heavy atom. The van der Waals surface area contributed by atoms with E-state index in [0.29, 0.717) is 25.2 Å². The summed E-state index contributed by atoms with van der Waals surface area (Å²) in [5.74, 6) is -0.302. The molecule has 0 atom stereocenters. The van der Waals surface area contributed by atoms with Gasteiger partial charge in [0.1, 0.15) is 18.2 Å². The molecule has 0 radical (unpaired) electrons. The number of ketones is 1. The maximum atomic E-state index is 14.1. The highest BCUT2D eigenvalue weighted by molar-refractivity contribution is 5.96. The van der Waals surface area contributed by atoms with E-state index >= 15 is 0 Å². The third kappa shape index (κ3) is 8.45. The summed E-state index contributed by atoms with van der Waals surface area (Å²) in [7, 11) is 2.00. The van der Waals surface area contributed by atoms with Crippen molar-refractivity contribution in [3.05, 3.63) is 66.0 Å². The van der Waals surface area contributed by atoms with Crippen molar-refractivity contribution in [2.45, 2.75) is 26.7 Å². The topological polar surface area (TPSA) is 29.5 Å². The molecular weight excluding hydrogens is 317 g/mol. The molecule has 0 heterocycles. The second kappa shape index (κ2) is 11.4. The van der Waals surface area contributed by atoms with Crippen LogP contribution in [0.4, 0.5) is 4.39 Å². The average molecular weight is 345 g/mol. The Hall–Kier alpha value is -2.20. The van der Waals surface area contributed by atoms with Crippen molar-refractivity contribution >= 4 is 5.78 Å². The lowest BCUT2D eigenvalue weighted by atomic mass is 10.1. The summed E-state index contributed by atoms with van der Waals surface area (Å²) in [6, 6.07) is 4.40. The summed E-state index contributed by atoms with van der Waals surface area (Å²) in [4.78, 5) is 14.1. The van der Waals surface area contributed by atoms with Crippen molar-refractivity contribution in [3.8, 4) is 5.75 Å². The van der Waals surface area contributed by atoms with E-state index in [0.717, 1.165) is 18.7 Å². The number of carbonyl (C=O) groups excluding carboxylic acids is 1. The molecule has 0 saturated heterocycles. The Balaban J connectivity index is 2.49. The molecule has 0 aliphatic heterocycles. The van der Waals surface area contributed by atoms with Crippen LogP contribution in [-0.4, -0.2) is 37.4 Å². The van der Waals surface area contributed by atoms with Crippen LogP contribution in [0.1, 0.15) is 37.0 Å². The normalized spacial score (nSPS) is 10.9. The maximum Gasteiger partial charge on any atom is 0.166 e. The van der Waals surface area contributed by atoms with Gasteiger partial charge >= 0.3 is 0 Å². The molecule has 0 aliphatic rings. The van der Waals surface area contributed by atoms with Gasteiger partial charge < -0.3 is 4.74 Å². The summed E-state index contributed by atoms with van der Waals surface area (Å²) in [6.45, 7) is 9.60. The number of halogens is 1. The fourth-order valence-electron chi connectivity index (χ4n) is 2.20. The minimum absolute atomic E-state index is 0.121. The van der Waals surface area contributed by atoms with E-state index in [-0.39, 0.29) is 11.3 Å². The molecule has 0 spiro atoms. The molecule has 0 amide bonds. The molecule has 0 fully saturated rings. The van der Waals surface area contributed by atoms with E-state index in [2.05, 4.69) is 11.5 Å². The summed E-state index contributed by atoms with van der Waals surface area (Å²) < 4.78 is 19.6. The number of allylic oxidation sites excluding steroid dienone is 2. The quantitative estimate of drug-likeness (QED) is 0.426. The van der Waals surface area contributed by atoms with Gasteiger partial charge in [-0.25, -0.2) is 4.39 Å². The van der Waals surface area contributed by atoms with E-state index in [1.165, 1.54) is 12.1 Å². The predicted molar refractivity (Wildman–Crippen MR) is 102 cm³/mol. The first kappa shape index (κ1) is 20.8. The number of hydrogen-bond acceptors (Lipinski definition) is 3. The lowest BCUT2D eigenvalue weighted by Gasteiger charge is -2.10. The van der Waals surface area contributed by atoms with Crippen LogP contribution < -0.4 is 4.74 Å². The van der Waals surface area contributed by atoms with Gasteiger partial charge in [0.15, 0.2) is 5.78 Å². The van der Waals surface area contributed by atoms with E-state index in [9.17, 15) is 9.18 Å². The Morgan fingerprint density at radius 1 is 1.28 bits per heavy atom. The van der Waals surface area contributed by atoms with Gasteiger partial charge in [-0.2, -0.15) is 0 Å². The monoisotopic (exact) mass is 345 g/mol. The molecule has 1 aromatic rings. The van der Waals surface area contributed by atoms with Crippen LogP contribution in [0.5, 0.6) is 5.75 Å². The number of nitrogens with zero attached hydrogens (tertiary/aromatic N) is 1. The van der Waals surface area contributed by atoms with Gasteiger partial charge in [-0.1, -0.05) is 29.9 Å². The largest absolute Gasteiger partial charge is 0.489 e. The Morgan fingerprint density at radius 2 is 2.04 bits per heavy atom. The van der Waals surface area contributed by atoms with Crippen LogP contribution in [-0.2, 0) is 0 Å². The Labute approximate surface area is 150 Å². The second-order valence-corrected chi connectivity index (χ2v) is 6.18. The smallest absolute Gasteiger partial charge is 0.166 e. The Kier molecular flexibility index (Phi) is 9.48. The van der Waals surface area contributed by atoms with Crippen molar-refractivity contribution in [3.63, 3.8) is 0 Å². The maximum absolute atomic E-state index is 14.1. The number of carbonyl (C=O) groups is 1. The molecule has 4 heteroatoms. The van der Waals surface area contributed by atoms with E-state index in [4.69, 9.17) is 4.74 Å². The van der Waals surface area contributed by atoms with Crippen LogP contribution in [0.2, 0.25) is 0 Å². The van der Waals surface area contributed by atoms with Crippen LogP contribution in [0.15, 0.2) is 54.7 Å². The fourth-order valence-corrected chi connectivity index (χ4v) is 2.20. The standard InChI is InChI=1S/C21H28FNO2/c1-5-13-23(4)14-6-7-15-25-18-11-12-19(20(22)16-18)21(24)10-8-9-17(2)3/h5-7,9,11-12,16H,1,8,10,13-15H2,2-4H3. The van der Waals surface area contributed by atoms with E-state index < -0.39 is 5.82 Å². The van der Waals surface area contributed by atoms with Crippen LogP contribution >= 0.6 is 0 Å². The van der Waals surface area contributed by atoms with E-state index in [1.807, 2.05) is 45.2 Å². The summed E-state index contributed by atoms with van der Waals surface area (Å²) in [6.07, 6.45) is 8.63. The second-order valence-electron chi connectivity index (χ2n) is 6.18. The van der Waals surface area contributed by atoms with Gasteiger partial charge in [-0.15, -0.1) is 6.58 Å². The molecular formula is C21H28FNO2. The number of rotatable bonds is 11. The minimum Gasteiger partial charge on any atom is -0.489 e. The molecule has 3 nitrogen and oxygen atoms in total.